The molecule has 1 aromatic rings. The van der Waals surface area contributed by atoms with Gasteiger partial charge in [-0.05, 0) is 23.8 Å². The topological polar surface area (TPSA) is 67.2 Å². The molecule has 0 fully saturated rings. The number of rotatable bonds is 4. The zero-order valence-electron chi connectivity index (χ0n) is 11.1. The summed E-state index contributed by atoms with van der Waals surface area (Å²) < 4.78 is 4.59. The first-order valence-electron chi connectivity index (χ1n) is 5.84. The first kappa shape index (κ1) is 14.7. The molecule has 0 aliphatic rings. The van der Waals surface area contributed by atoms with E-state index in [2.05, 4.69) is 4.74 Å². The number of methoxy groups -OCH3 is 1. The SMILES string of the molecule is COC(=O)c1ccc(C=C(C#N)C(=O)C(C)C)cc1. The fourth-order valence-corrected chi connectivity index (χ4v) is 1.47. The lowest BCUT2D eigenvalue weighted by Crippen LogP contribution is -2.08. The highest BCUT2D eigenvalue weighted by molar-refractivity contribution is 6.04. The zero-order valence-corrected chi connectivity index (χ0v) is 11.1. The van der Waals surface area contributed by atoms with E-state index in [-0.39, 0.29) is 17.3 Å². The standard InChI is InChI=1S/C15H15NO3/c1-10(2)14(17)13(9-16)8-11-4-6-12(7-5-11)15(18)19-3/h4-8,10H,1-3H3. The number of hydrogen-bond acceptors (Lipinski definition) is 4. The molecule has 0 aliphatic carbocycles. The van der Waals surface area contributed by atoms with E-state index in [1.165, 1.54) is 13.2 Å². The van der Waals surface area contributed by atoms with Crippen molar-refractivity contribution in [2.45, 2.75) is 13.8 Å². The molecule has 0 spiro atoms. The number of benzene rings is 1. The van der Waals surface area contributed by atoms with Crippen molar-refractivity contribution in [1.82, 2.24) is 0 Å². The summed E-state index contributed by atoms with van der Waals surface area (Å²) in [6.45, 7) is 3.49. The smallest absolute Gasteiger partial charge is 0.337 e. The van der Waals surface area contributed by atoms with E-state index in [0.29, 0.717) is 11.1 Å². The molecule has 0 heterocycles. The van der Waals surface area contributed by atoms with Gasteiger partial charge in [-0.3, -0.25) is 4.79 Å². The number of ether oxygens (including phenoxy) is 1. The van der Waals surface area contributed by atoms with Gasteiger partial charge in [-0.15, -0.1) is 0 Å². The molecule has 0 saturated carbocycles. The third-order valence-electron chi connectivity index (χ3n) is 2.55. The molecule has 98 valence electrons. The number of hydrogen-bond donors (Lipinski definition) is 0. The van der Waals surface area contributed by atoms with Crippen LogP contribution in [0.3, 0.4) is 0 Å². The summed E-state index contributed by atoms with van der Waals surface area (Å²) in [7, 11) is 1.31. The molecule has 0 unspecified atom stereocenters. The van der Waals surface area contributed by atoms with Crippen molar-refractivity contribution in [3.63, 3.8) is 0 Å². The number of Topliss-reactive ketones (excluding diaryl/α,β-unsaturated/α-hetero) is 1. The van der Waals surface area contributed by atoms with Crippen molar-refractivity contribution in [2.24, 2.45) is 5.92 Å². The molecular formula is C15H15NO3. The molecule has 4 nitrogen and oxygen atoms in total. The van der Waals surface area contributed by atoms with E-state index >= 15 is 0 Å². The maximum absolute atomic E-state index is 11.7. The maximum atomic E-state index is 11.7. The molecule has 19 heavy (non-hydrogen) atoms. The molecule has 4 heteroatoms. The molecule has 0 bridgehead atoms. The summed E-state index contributed by atoms with van der Waals surface area (Å²) >= 11 is 0. The van der Waals surface area contributed by atoms with Gasteiger partial charge < -0.3 is 4.74 Å². The van der Waals surface area contributed by atoms with Crippen LogP contribution in [-0.4, -0.2) is 18.9 Å². The highest BCUT2D eigenvalue weighted by Gasteiger charge is 2.13. The highest BCUT2D eigenvalue weighted by Crippen LogP contribution is 2.13. The summed E-state index contributed by atoms with van der Waals surface area (Å²) in [5.74, 6) is -0.839. The minimum Gasteiger partial charge on any atom is -0.465 e. The first-order valence-corrected chi connectivity index (χ1v) is 5.84. The van der Waals surface area contributed by atoms with Gasteiger partial charge >= 0.3 is 5.97 Å². The molecule has 1 rings (SSSR count). The van der Waals surface area contributed by atoms with Crippen LogP contribution in [0.15, 0.2) is 29.8 Å². The second-order valence-corrected chi connectivity index (χ2v) is 4.30. The lowest BCUT2D eigenvalue weighted by Gasteiger charge is -2.03. The number of carbonyl (C=O) groups excluding carboxylic acids is 2. The Hall–Kier alpha value is -2.41. The number of nitrogens with zero attached hydrogens (tertiary/aromatic N) is 1. The minimum atomic E-state index is -0.422. The van der Waals surface area contributed by atoms with Crippen molar-refractivity contribution >= 4 is 17.8 Å². The van der Waals surface area contributed by atoms with Gasteiger partial charge in [0.15, 0.2) is 5.78 Å². The van der Waals surface area contributed by atoms with Crippen LogP contribution < -0.4 is 0 Å². The summed E-state index contributed by atoms with van der Waals surface area (Å²) in [6, 6.07) is 8.41. The van der Waals surface area contributed by atoms with Crippen LogP contribution in [0.5, 0.6) is 0 Å². The number of nitriles is 1. The number of allylic oxidation sites excluding steroid dienone is 1. The minimum absolute atomic E-state index is 0.112. The van der Waals surface area contributed by atoms with Crippen LogP contribution in [-0.2, 0) is 9.53 Å². The van der Waals surface area contributed by atoms with Crippen molar-refractivity contribution in [2.75, 3.05) is 7.11 Å². The molecule has 0 saturated heterocycles. The quantitative estimate of drug-likeness (QED) is 0.472. The van der Waals surface area contributed by atoms with E-state index in [1.54, 1.807) is 38.1 Å². The van der Waals surface area contributed by atoms with E-state index < -0.39 is 5.97 Å². The largest absolute Gasteiger partial charge is 0.465 e. The Morgan fingerprint density at radius 3 is 2.26 bits per heavy atom. The molecular weight excluding hydrogens is 242 g/mol. The fourth-order valence-electron chi connectivity index (χ4n) is 1.47. The number of carbonyl (C=O) groups is 2. The zero-order chi connectivity index (χ0) is 14.4. The molecule has 0 aliphatic heterocycles. The number of esters is 1. The van der Waals surface area contributed by atoms with Crippen LogP contribution in [0, 0.1) is 17.2 Å². The van der Waals surface area contributed by atoms with Crippen molar-refractivity contribution in [3.05, 3.63) is 41.0 Å². The Morgan fingerprint density at radius 2 is 1.84 bits per heavy atom. The third-order valence-corrected chi connectivity index (χ3v) is 2.55. The molecule has 1 aromatic carbocycles. The average Bonchev–Trinajstić information content (AvgIpc) is 2.43. The second-order valence-electron chi connectivity index (χ2n) is 4.30. The summed E-state index contributed by atoms with van der Waals surface area (Å²) in [5, 5.41) is 8.97. The van der Waals surface area contributed by atoms with Gasteiger partial charge in [0.05, 0.1) is 18.2 Å². The maximum Gasteiger partial charge on any atom is 0.337 e. The monoisotopic (exact) mass is 257 g/mol. The Morgan fingerprint density at radius 1 is 1.26 bits per heavy atom. The predicted molar refractivity (Wildman–Crippen MR) is 71.2 cm³/mol. The Bertz CT molecular complexity index is 548. The highest BCUT2D eigenvalue weighted by atomic mass is 16.5. The van der Waals surface area contributed by atoms with E-state index in [9.17, 15) is 9.59 Å². The van der Waals surface area contributed by atoms with Crippen LogP contribution >= 0.6 is 0 Å². The van der Waals surface area contributed by atoms with Crippen molar-refractivity contribution < 1.29 is 14.3 Å². The Labute approximate surface area is 112 Å². The van der Waals surface area contributed by atoms with Gasteiger partial charge in [-0.25, -0.2) is 4.79 Å². The van der Waals surface area contributed by atoms with E-state index in [1.807, 2.05) is 6.07 Å². The molecule has 0 N–H and O–H groups in total. The normalized spacial score (nSPS) is 11.0. The van der Waals surface area contributed by atoms with Crippen LogP contribution in [0.2, 0.25) is 0 Å². The van der Waals surface area contributed by atoms with Gasteiger partial charge in [-0.1, -0.05) is 26.0 Å². The molecule has 0 aromatic heterocycles. The van der Waals surface area contributed by atoms with Gasteiger partial charge in [0.2, 0.25) is 0 Å². The van der Waals surface area contributed by atoms with Crippen LogP contribution in [0.4, 0.5) is 0 Å². The molecule has 0 radical (unpaired) electrons. The van der Waals surface area contributed by atoms with Gasteiger partial charge in [0.25, 0.3) is 0 Å². The summed E-state index contributed by atoms with van der Waals surface area (Å²) in [6.07, 6.45) is 1.52. The predicted octanol–water partition coefficient (Wildman–Crippen LogP) is 2.61. The molecule has 0 amide bonds. The fraction of sp³-hybridized carbons (Fsp3) is 0.267. The van der Waals surface area contributed by atoms with Gasteiger partial charge in [-0.2, -0.15) is 5.26 Å². The lowest BCUT2D eigenvalue weighted by molar-refractivity contribution is -0.117. The lowest BCUT2D eigenvalue weighted by atomic mass is 9.99. The average molecular weight is 257 g/mol. The summed E-state index contributed by atoms with van der Waals surface area (Å²) in [5.41, 5.74) is 1.23. The Kier molecular flexibility index (Phi) is 5.01. The van der Waals surface area contributed by atoms with E-state index in [4.69, 9.17) is 5.26 Å². The van der Waals surface area contributed by atoms with E-state index in [0.717, 1.165) is 0 Å². The van der Waals surface area contributed by atoms with Crippen LogP contribution in [0.1, 0.15) is 29.8 Å². The van der Waals surface area contributed by atoms with Gasteiger partial charge in [0.1, 0.15) is 6.07 Å². The first-order chi connectivity index (χ1) is 8.99. The second kappa shape index (κ2) is 6.50. The molecule has 0 atom stereocenters. The van der Waals surface area contributed by atoms with Crippen molar-refractivity contribution in [3.8, 4) is 6.07 Å². The van der Waals surface area contributed by atoms with Crippen molar-refractivity contribution in [1.29, 1.82) is 5.26 Å². The summed E-state index contributed by atoms with van der Waals surface area (Å²) in [4.78, 5) is 23.0. The number of ketones is 1. The third kappa shape index (κ3) is 3.78. The van der Waals surface area contributed by atoms with Gasteiger partial charge in [0, 0.05) is 5.92 Å². The Balaban J connectivity index is 3.02. The van der Waals surface area contributed by atoms with Crippen LogP contribution in [0.25, 0.3) is 6.08 Å².